The second-order valence-corrected chi connectivity index (χ2v) is 4.70. The number of rotatable bonds is 2. The van der Waals surface area contributed by atoms with E-state index in [1.807, 2.05) is 0 Å². The van der Waals surface area contributed by atoms with Crippen LogP contribution in [0.15, 0.2) is 18.2 Å². The van der Waals surface area contributed by atoms with Gasteiger partial charge in [-0.25, -0.2) is 0 Å². The summed E-state index contributed by atoms with van der Waals surface area (Å²) in [7, 11) is 0. The van der Waals surface area contributed by atoms with Crippen molar-refractivity contribution in [1.82, 2.24) is 5.32 Å². The fourth-order valence-electron chi connectivity index (χ4n) is 2.26. The summed E-state index contributed by atoms with van der Waals surface area (Å²) in [4.78, 5) is 0. The minimum atomic E-state index is 0.520. The Labute approximate surface area is 90.6 Å². The predicted octanol–water partition coefficient (Wildman–Crippen LogP) is 2.05. The number of hydrogen-bond donors (Lipinski definition) is 1. The van der Waals surface area contributed by atoms with E-state index in [0.29, 0.717) is 6.04 Å². The third-order valence-electron chi connectivity index (χ3n) is 3.31. The first kappa shape index (κ1) is 9.22. The number of hydrogen-bond acceptors (Lipinski definition) is 2. The molecule has 3 rings (SSSR count). The van der Waals surface area contributed by atoms with Gasteiger partial charge in [0.1, 0.15) is 12.4 Å². The van der Waals surface area contributed by atoms with Crippen molar-refractivity contribution in [3.05, 3.63) is 29.3 Å². The molecule has 15 heavy (non-hydrogen) atoms. The zero-order valence-electron chi connectivity index (χ0n) is 9.12. The van der Waals surface area contributed by atoms with E-state index >= 15 is 0 Å². The predicted molar refractivity (Wildman–Crippen MR) is 60.3 cm³/mol. The van der Waals surface area contributed by atoms with Crippen LogP contribution < -0.4 is 10.1 Å². The van der Waals surface area contributed by atoms with E-state index in [-0.39, 0.29) is 0 Å². The van der Waals surface area contributed by atoms with Gasteiger partial charge in [-0.2, -0.15) is 0 Å². The first-order chi connectivity index (χ1) is 7.33. The molecule has 1 unspecified atom stereocenters. The number of aryl methyl sites for hydroxylation is 1. The number of benzene rings is 1. The minimum Gasteiger partial charge on any atom is -0.492 e. The summed E-state index contributed by atoms with van der Waals surface area (Å²) in [6.07, 6.45) is 3.81. The van der Waals surface area contributed by atoms with Crippen LogP contribution in [0.3, 0.4) is 0 Å². The summed E-state index contributed by atoms with van der Waals surface area (Å²) in [5.41, 5.74) is 2.75. The van der Waals surface area contributed by atoms with Gasteiger partial charge < -0.3 is 10.1 Å². The van der Waals surface area contributed by atoms with Gasteiger partial charge in [0, 0.05) is 12.1 Å². The van der Waals surface area contributed by atoms with Crippen LogP contribution in [0.4, 0.5) is 0 Å². The molecule has 1 saturated carbocycles. The van der Waals surface area contributed by atoms with Crippen molar-refractivity contribution in [2.75, 3.05) is 6.61 Å². The monoisotopic (exact) mass is 203 g/mol. The summed E-state index contributed by atoms with van der Waals surface area (Å²) in [6.45, 7) is 2.99. The maximum atomic E-state index is 5.78. The molecule has 1 fully saturated rings. The van der Waals surface area contributed by atoms with E-state index in [4.69, 9.17) is 4.74 Å². The van der Waals surface area contributed by atoms with Crippen LogP contribution in [0, 0.1) is 6.92 Å². The van der Waals surface area contributed by atoms with Gasteiger partial charge >= 0.3 is 0 Å². The van der Waals surface area contributed by atoms with Crippen LogP contribution in [-0.4, -0.2) is 18.7 Å². The summed E-state index contributed by atoms with van der Waals surface area (Å²) < 4.78 is 5.78. The lowest BCUT2D eigenvalue weighted by Gasteiger charge is -2.27. The molecule has 80 valence electrons. The van der Waals surface area contributed by atoms with Crippen LogP contribution in [-0.2, 0) is 6.42 Å². The number of ether oxygens (including phenoxy) is 1. The van der Waals surface area contributed by atoms with Crippen molar-refractivity contribution in [3.8, 4) is 5.75 Å². The van der Waals surface area contributed by atoms with Gasteiger partial charge in [-0.1, -0.05) is 12.1 Å². The maximum Gasteiger partial charge on any atom is 0.122 e. The van der Waals surface area contributed by atoms with E-state index in [9.17, 15) is 0 Å². The summed E-state index contributed by atoms with van der Waals surface area (Å²) in [6, 6.07) is 7.61. The first-order valence-electron chi connectivity index (χ1n) is 5.80. The third-order valence-corrected chi connectivity index (χ3v) is 3.31. The molecular weight excluding hydrogens is 186 g/mol. The Morgan fingerprint density at radius 1 is 1.27 bits per heavy atom. The highest BCUT2D eigenvalue weighted by Crippen LogP contribution is 2.29. The molecule has 2 nitrogen and oxygen atoms in total. The molecular formula is C13H17NO. The van der Waals surface area contributed by atoms with Crippen molar-refractivity contribution in [2.45, 2.75) is 38.3 Å². The molecule has 1 N–H and O–H groups in total. The van der Waals surface area contributed by atoms with Crippen LogP contribution in [0.1, 0.15) is 24.0 Å². The largest absolute Gasteiger partial charge is 0.492 e. The molecule has 1 heterocycles. The average molecular weight is 203 g/mol. The number of nitrogens with one attached hydrogen (secondary N) is 1. The fraction of sp³-hybridized carbons (Fsp3) is 0.538. The molecule has 1 aromatic rings. The van der Waals surface area contributed by atoms with Gasteiger partial charge in [0.2, 0.25) is 0 Å². The van der Waals surface area contributed by atoms with Crippen molar-refractivity contribution in [2.24, 2.45) is 0 Å². The Bertz CT molecular complexity index is 371. The Morgan fingerprint density at radius 3 is 2.93 bits per heavy atom. The van der Waals surface area contributed by atoms with Crippen LogP contribution in [0.25, 0.3) is 0 Å². The van der Waals surface area contributed by atoms with E-state index in [0.717, 1.165) is 24.8 Å². The standard InChI is InChI=1S/C13H17NO/c1-9-3-2-4-13-12(9)7-11(8-15-13)14-10-5-6-10/h2-4,10-11,14H,5-8H2,1H3. The third kappa shape index (κ3) is 1.86. The van der Waals surface area contributed by atoms with E-state index < -0.39 is 0 Å². The lowest BCUT2D eigenvalue weighted by Crippen LogP contribution is -2.40. The van der Waals surface area contributed by atoms with Crippen molar-refractivity contribution in [3.63, 3.8) is 0 Å². The van der Waals surface area contributed by atoms with Gasteiger partial charge in [-0.15, -0.1) is 0 Å². The van der Waals surface area contributed by atoms with E-state index in [2.05, 4.69) is 30.4 Å². The fourth-order valence-corrected chi connectivity index (χ4v) is 2.26. The zero-order chi connectivity index (χ0) is 10.3. The van der Waals surface area contributed by atoms with Crippen LogP contribution in [0.2, 0.25) is 0 Å². The second kappa shape index (κ2) is 3.53. The lowest BCUT2D eigenvalue weighted by atomic mass is 9.98. The molecule has 1 aliphatic heterocycles. The molecule has 2 aliphatic rings. The lowest BCUT2D eigenvalue weighted by molar-refractivity contribution is 0.237. The van der Waals surface area contributed by atoms with E-state index in [1.54, 1.807) is 0 Å². The van der Waals surface area contributed by atoms with Gasteiger partial charge in [0.15, 0.2) is 0 Å². The normalized spacial score (nSPS) is 24.5. The van der Waals surface area contributed by atoms with Crippen LogP contribution >= 0.6 is 0 Å². The number of fused-ring (bicyclic) bond motifs is 1. The summed E-state index contributed by atoms with van der Waals surface area (Å²) in [5.74, 6) is 1.09. The zero-order valence-corrected chi connectivity index (χ0v) is 9.12. The molecule has 0 radical (unpaired) electrons. The summed E-state index contributed by atoms with van der Waals surface area (Å²) in [5, 5.41) is 3.64. The van der Waals surface area contributed by atoms with Gasteiger partial charge in [0.05, 0.1) is 0 Å². The molecule has 0 spiro atoms. The highest BCUT2D eigenvalue weighted by atomic mass is 16.5. The average Bonchev–Trinajstić information content (AvgIpc) is 3.03. The Hall–Kier alpha value is -1.02. The maximum absolute atomic E-state index is 5.78. The second-order valence-electron chi connectivity index (χ2n) is 4.70. The highest BCUT2D eigenvalue weighted by molar-refractivity contribution is 5.41. The molecule has 2 heteroatoms. The molecule has 1 atom stereocenters. The Kier molecular flexibility index (Phi) is 2.17. The Morgan fingerprint density at radius 2 is 2.13 bits per heavy atom. The van der Waals surface area contributed by atoms with Gasteiger partial charge in [-0.3, -0.25) is 0 Å². The molecule has 0 amide bonds. The summed E-state index contributed by atoms with van der Waals surface area (Å²) >= 11 is 0. The molecule has 1 aromatic carbocycles. The minimum absolute atomic E-state index is 0.520. The Balaban J connectivity index is 1.78. The van der Waals surface area contributed by atoms with E-state index in [1.165, 1.54) is 24.0 Å². The highest BCUT2D eigenvalue weighted by Gasteiger charge is 2.28. The molecule has 1 aliphatic carbocycles. The first-order valence-corrected chi connectivity index (χ1v) is 5.80. The van der Waals surface area contributed by atoms with Crippen LogP contribution in [0.5, 0.6) is 5.75 Å². The van der Waals surface area contributed by atoms with Crippen molar-refractivity contribution in [1.29, 1.82) is 0 Å². The quantitative estimate of drug-likeness (QED) is 0.794. The topological polar surface area (TPSA) is 21.3 Å². The SMILES string of the molecule is Cc1cccc2c1CC(NC1CC1)CO2. The van der Waals surface area contributed by atoms with Crippen molar-refractivity contribution >= 4 is 0 Å². The van der Waals surface area contributed by atoms with Crippen molar-refractivity contribution < 1.29 is 4.74 Å². The molecule has 0 bridgehead atoms. The van der Waals surface area contributed by atoms with Gasteiger partial charge in [-0.05, 0) is 43.4 Å². The van der Waals surface area contributed by atoms with Gasteiger partial charge in [0.25, 0.3) is 0 Å². The smallest absolute Gasteiger partial charge is 0.122 e. The molecule has 0 saturated heterocycles. The molecule has 0 aromatic heterocycles.